The van der Waals surface area contributed by atoms with Gasteiger partial charge in [0, 0.05) is 29.4 Å². The highest BCUT2D eigenvalue weighted by Gasteiger charge is 2.22. The number of benzene rings is 1. The third-order valence-electron chi connectivity index (χ3n) is 4.41. The van der Waals surface area contributed by atoms with E-state index in [-0.39, 0.29) is 6.04 Å². The van der Waals surface area contributed by atoms with E-state index in [1.54, 1.807) is 18.3 Å². The van der Waals surface area contributed by atoms with Gasteiger partial charge in [-0.2, -0.15) is 0 Å². The van der Waals surface area contributed by atoms with Crippen molar-refractivity contribution in [2.24, 2.45) is 11.7 Å². The lowest BCUT2D eigenvalue weighted by Gasteiger charge is -2.23. The van der Waals surface area contributed by atoms with Crippen molar-refractivity contribution in [1.82, 2.24) is 4.98 Å². The summed E-state index contributed by atoms with van der Waals surface area (Å²) in [5, 5.41) is 3.05. The zero-order valence-corrected chi connectivity index (χ0v) is 16.9. The number of anilines is 1. The molecule has 3 rings (SSSR count). The minimum absolute atomic E-state index is 0.124. The van der Waals surface area contributed by atoms with Crippen molar-refractivity contribution in [2.45, 2.75) is 32.9 Å². The van der Waals surface area contributed by atoms with Crippen molar-refractivity contribution in [3.63, 3.8) is 0 Å². The average Bonchev–Trinajstić information content (AvgIpc) is 2.65. The summed E-state index contributed by atoms with van der Waals surface area (Å²) < 4.78 is 16.4. The van der Waals surface area contributed by atoms with Gasteiger partial charge in [0.2, 0.25) is 0 Å². The topological polar surface area (TPSA) is 95.7 Å². The number of aromatic nitrogens is 1. The minimum atomic E-state index is -0.581. The number of methoxy groups -OCH3 is 1. The fourth-order valence-electron chi connectivity index (χ4n) is 3.14. The number of fused-ring (bicyclic) bond motifs is 3. The van der Waals surface area contributed by atoms with Crippen LogP contribution in [0.2, 0.25) is 5.02 Å². The Bertz CT molecular complexity index is 873. The van der Waals surface area contributed by atoms with E-state index in [2.05, 4.69) is 22.0 Å². The first kappa shape index (κ1) is 20.2. The summed E-state index contributed by atoms with van der Waals surface area (Å²) in [5.41, 5.74) is 8.45. The summed E-state index contributed by atoms with van der Waals surface area (Å²) in [7, 11) is 1.30. The number of halogens is 1. The Balaban J connectivity index is 1.84. The molecule has 0 bridgehead atoms. The van der Waals surface area contributed by atoms with Gasteiger partial charge in [-0.1, -0.05) is 18.5 Å². The predicted octanol–water partition coefficient (Wildman–Crippen LogP) is 4.22. The number of carbonyl (C=O) groups excluding carboxylic acids is 1. The number of nitrogens with one attached hydrogen (secondary N) is 1. The number of pyridine rings is 1. The van der Waals surface area contributed by atoms with Crippen molar-refractivity contribution in [2.75, 3.05) is 19.0 Å². The number of carbonyl (C=O) groups is 1. The average molecular weight is 406 g/mol. The Morgan fingerprint density at radius 3 is 2.86 bits per heavy atom. The molecule has 2 heterocycles. The van der Waals surface area contributed by atoms with Crippen LogP contribution in [0.4, 0.5) is 10.6 Å². The quantitative estimate of drug-likeness (QED) is 0.746. The zero-order chi connectivity index (χ0) is 20.3. The molecule has 1 aromatic heterocycles. The number of nitrogens with two attached hydrogens (primary N) is 1. The third-order valence-corrected chi connectivity index (χ3v) is 4.70. The number of nitrogens with zero attached hydrogens (tertiary/aromatic N) is 1. The van der Waals surface area contributed by atoms with Gasteiger partial charge in [0.25, 0.3) is 0 Å². The summed E-state index contributed by atoms with van der Waals surface area (Å²) >= 11 is 6.45. The molecule has 1 aliphatic rings. The molecule has 7 nitrogen and oxygen atoms in total. The van der Waals surface area contributed by atoms with Gasteiger partial charge in [-0.3, -0.25) is 5.32 Å². The minimum Gasteiger partial charge on any atom is -0.492 e. The van der Waals surface area contributed by atoms with Gasteiger partial charge in [-0.15, -0.1) is 0 Å². The van der Waals surface area contributed by atoms with E-state index in [1.807, 2.05) is 13.0 Å². The first-order valence-corrected chi connectivity index (χ1v) is 9.44. The second-order valence-corrected chi connectivity index (χ2v) is 7.45. The number of ether oxygens (including phenoxy) is 3. The molecule has 2 atom stereocenters. The monoisotopic (exact) mass is 405 g/mol. The Morgan fingerprint density at radius 1 is 1.36 bits per heavy atom. The van der Waals surface area contributed by atoms with E-state index < -0.39 is 6.09 Å². The van der Waals surface area contributed by atoms with Gasteiger partial charge in [0.1, 0.15) is 23.9 Å². The summed E-state index contributed by atoms with van der Waals surface area (Å²) in [6, 6.07) is 5.50. The van der Waals surface area contributed by atoms with Crippen LogP contribution in [0.3, 0.4) is 0 Å². The zero-order valence-electron chi connectivity index (χ0n) is 16.1. The van der Waals surface area contributed by atoms with Gasteiger partial charge in [0.15, 0.2) is 0 Å². The SMILES string of the molecule is COC(=O)Nc1cc2c(cn1)COc1cc(OCC(C)CC(C)N)c(Cl)cc1-2. The van der Waals surface area contributed by atoms with Crippen LogP contribution in [-0.4, -0.2) is 30.8 Å². The van der Waals surface area contributed by atoms with E-state index >= 15 is 0 Å². The Hall–Kier alpha value is -2.51. The fourth-order valence-corrected chi connectivity index (χ4v) is 3.36. The van der Waals surface area contributed by atoms with Crippen LogP contribution in [0.15, 0.2) is 24.4 Å². The van der Waals surface area contributed by atoms with Crippen LogP contribution >= 0.6 is 11.6 Å². The molecule has 8 heteroatoms. The highest BCUT2D eigenvalue weighted by Crippen LogP contribution is 2.43. The van der Waals surface area contributed by atoms with Gasteiger partial charge in [-0.05, 0) is 37.0 Å². The van der Waals surface area contributed by atoms with Gasteiger partial charge in [-0.25, -0.2) is 9.78 Å². The molecule has 0 radical (unpaired) electrons. The van der Waals surface area contributed by atoms with Crippen LogP contribution < -0.4 is 20.5 Å². The predicted molar refractivity (Wildman–Crippen MR) is 108 cm³/mol. The Morgan fingerprint density at radius 2 is 2.14 bits per heavy atom. The molecule has 1 amide bonds. The van der Waals surface area contributed by atoms with E-state index in [0.717, 1.165) is 23.1 Å². The van der Waals surface area contributed by atoms with Crippen molar-refractivity contribution < 1.29 is 19.0 Å². The lowest BCUT2D eigenvalue weighted by atomic mass is 9.98. The Labute approximate surface area is 169 Å². The van der Waals surface area contributed by atoms with Crippen molar-refractivity contribution >= 4 is 23.5 Å². The molecule has 28 heavy (non-hydrogen) atoms. The lowest BCUT2D eigenvalue weighted by Crippen LogP contribution is -2.21. The number of rotatable bonds is 6. The maximum absolute atomic E-state index is 11.4. The fraction of sp³-hybridized carbons (Fsp3) is 0.400. The van der Waals surface area contributed by atoms with Gasteiger partial charge in [0.05, 0.1) is 18.7 Å². The molecule has 150 valence electrons. The molecule has 0 aliphatic carbocycles. The maximum atomic E-state index is 11.4. The van der Waals surface area contributed by atoms with E-state index in [9.17, 15) is 4.79 Å². The van der Waals surface area contributed by atoms with Crippen LogP contribution in [0.25, 0.3) is 11.1 Å². The van der Waals surface area contributed by atoms with Crippen LogP contribution in [0.1, 0.15) is 25.8 Å². The summed E-state index contributed by atoms with van der Waals surface area (Å²) in [4.78, 5) is 15.6. The first-order valence-electron chi connectivity index (χ1n) is 9.06. The third kappa shape index (κ3) is 4.66. The molecule has 2 aromatic rings. The van der Waals surface area contributed by atoms with Crippen molar-refractivity contribution in [3.05, 3.63) is 35.0 Å². The second-order valence-electron chi connectivity index (χ2n) is 7.04. The molecular formula is C20H24ClN3O4. The highest BCUT2D eigenvalue weighted by atomic mass is 35.5. The van der Waals surface area contributed by atoms with Gasteiger partial charge < -0.3 is 19.9 Å². The number of hydrogen-bond donors (Lipinski definition) is 2. The van der Waals surface area contributed by atoms with Crippen molar-refractivity contribution in [1.29, 1.82) is 0 Å². The smallest absolute Gasteiger partial charge is 0.412 e. The first-order chi connectivity index (χ1) is 13.4. The summed E-state index contributed by atoms with van der Waals surface area (Å²) in [5.74, 6) is 1.94. The number of hydrogen-bond acceptors (Lipinski definition) is 6. The van der Waals surface area contributed by atoms with Crippen LogP contribution in [-0.2, 0) is 11.3 Å². The summed E-state index contributed by atoms with van der Waals surface area (Å²) in [6.45, 7) is 4.96. The van der Waals surface area contributed by atoms with Crippen LogP contribution in [0, 0.1) is 5.92 Å². The molecule has 1 aromatic carbocycles. The molecule has 2 unspecified atom stereocenters. The maximum Gasteiger partial charge on any atom is 0.412 e. The van der Waals surface area contributed by atoms with E-state index in [0.29, 0.717) is 41.5 Å². The normalized spacial score (nSPS) is 14.2. The molecule has 0 saturated carbocycles. The number of amides is 1. The molecule has 0 saturated heterocycles. The molecule has 3 N–H and O–H groups in total. The largest absolute Gasteiger partial charge is 0.492 e. The standard InChI is InChI=1S/C20H24ClN3O4/c1-11(4-12(2)22)9-27-18-7-17-15(5-16(18)21)14-6-19(24-20(25)26-3)23-8-13(14)10-28-17/h5-8,11-12H,4,9-10,22H2,1-3H3,(H,23,24,25). The molecule has 0 spiro atoms. The van der Waals surface area contributed by atoms with E-state index in [4.69, 9.17) is 26.8 Å². The van der Waals surface area contributed by atoms with Crippen molar-refractivity contribution in [3.8, 4) is 22.6 Å². The molecular weight excluding hydrogens is 382 g/mol. The Kier molecular flexibility index (Phi) is 6.26. The van der Waals surface area contributed by atoms with Crippen LogP contribution in [0.5, 0.6) is 11.5 Å². The van der Waals surface area contributed by atoms with Gasteiger partial charge >= 0.3 is 6.09 Å². The molecule has 1 aliphatic heterocycles. The lowest BCUT2D eigenvalue weighted by molar-refractivity contribution is 0.187. The van der Waals surface area contributed by atoms with E-state index in [1.165, 1.54) is 7.11 Å². The highest BCUT2D eigenvalue weighted by molar-refractivity contribution is 6.32. The molecule has 0 fully saturated rings. The summed E-state index contributed by atoms with van der Waals surface area (Å²) in [6.07, 6.45) is 1.95. The second kappa shape index (κ2) is 8.67.